The number of hydrogen-bond acceptors (Lipinski definition) is 6. The van der Waals surface area contributed by atoms with Crippen LogP contribution >= 0.6 is 0 Å². The number of ether oxygens (including phenoxy) is 1. The van der Waals surface area contributed by atoms with Crippen molar-refractivity contribution < 1.29 is 19.6 Å². The molecule has 1 saturated heterocycles. The first-order valence-electron chi connectivity index (χ1n) is 9.14. The molecule has 2 aliphatic heterocycles. The zero-order valence-electron chi connectivity index (χ0n) is 16.2. The number of nitrogens with zero attached hydrogens (tertiary/aromatic N) is 5. The molecule has 27 heavy (non-hydrogen) atoms. The van der Waals surface area contributed by atoms with Crippen molar-refractivity contribution in [3.63, 3.8) is 0 Å². The minimum Gasteiger partial charge on any atom is -0.465 e. The Labute approximate surface area is 157 Å². The fourth-order valence-electron chi connectivity index (χ4n) is 4.16. The second kappa shape index (κ2) is 6.66. The smallest absolute Gasteiger partial charge is 0.415 e. The molecule has 0 aliphatic carbocycles. The summed E-state index contributed by atoms with van der Waals surface area (Å²) in [5.74, 6) is -0.205. The summed E-state index contributed by atoms with van der Waals surface area (Å²) < 4.78 is 7.57. The van der Waals surface area contributed by atoms with Crippen LogP contribution in [-0.4, -0.2) is 72.3 Å². The first kappa shape index (κ1) is 19.4. The second-order valence-corrected chi connectivity index (χ2v) is 8.65. The third kappa shape index (κ3) is 4.00. The summed E-state index contributed by atoms with van der Waals surface area (Å²) in [4.78, 5) is 29.7. The molecule has 0 radical (unpaired) electrons. The number of piperidine rings is 1. The predicted molar refractivity (Wildman–Crippen MR) is 97.0 cm³/mol. The maximum absolute atomic E-state index is 11.7. The van der Waals surface area contributed by atoms with Crippen molar-refractivity contribution in [2.24, 2.45) is 0 Å². The summed E-state index contributed by atoms with van der Waals surface area (Å²) in [7, 11) is 0. The molecule has 1 N–H and O–H groups in total. The summed E-state index contributed by atoms with van der Waals surface area (Å²) in [5, 5.41) is 20.4. The third-order valence-electron chi connectivity index (χ3n) is 5.17. The average molecular weight is 381 g/mol. The van der Waals surface area contributed by atoms with Gasteiger partial charge in [-0.15, -0.1) is 0 Å². The summed E-state index contributed by atoms with van der Waals surface area (Å²) in [6.45, 7) is 10.5. The van der Waals surface area contributed by atoms with Crippen LogP contribution in [0.1, 0.15) is 40.5 Å². The summed E-state index contributed by atoms with van der Waals surface area (Å²) in [6, 6.07) is 0.290. The normalized spacial score (nSPS) is 23.7. The van der Waals surface area contributed by atoms with Gasteiger partial charge in [0.25, 0.3) is 0 Å². The molecule has 0 aromatic carbocycles. The minimum atomic E-state index is -0.876. The first-order valence-corrected chi connectivity index (χ1v) is 9.14. The molecule has 1 amide bonds. The molecule has 10 heteroatoms. The number of carbonyl (C=O) groups is 1. The van der Waals surface area contributed by atoms with Crippen LogP contribution in [0.5, 0.6) is 6.01 Å². The predicted octanol–water partition coefficient (Wildman–Crippen LogP) is 2.19. The molecule has 1 fully saturated rings. The minimum absolute atomic E-state index is 0.00846. The number of fused-ring (bicyclic) bond motifs is 1. The fourth-order valence-corrected chi connectivity index (χ4v) is 4.16. The van der Waals surface area contributed by atoms with E-state index in [4.69, 9.17) is 4.74 Å². The van der Waals surface area contributed by atoms with Gasteiger partial charge in [-0.3, -0.25) is 9.47 Å². The van der Waals surface area contributed by atoms with Gasteiger partial charge in [-0.1, -0.05) is 0 Å². The van der Waals surface area contributed by atoms with Crippen LogP contribution in [0.3, 0.4) is 0 Å². The van der Waals surface area contributed by atoms with E-state index in [-0.39, 0.29) is 17.9 Å². The lowest BCUT2D eigenvalue weighted by Gasteiger charge is -2.44. The van der Waals surface area contributed by atoms with Gasteiger partial charge in [0.1, 0.15) is 11.8 Å². The van der Waals surface area contributed by atoms with Crippen LogP contribution in [0.4, 0.5) is 10.6 Å². The molecule has 1 aromatic heterocycles. The lowest BCUT2D eigenvalue weighted by atomic mass is 9.96. The molecular weight excluding hydrogens is 354 g/mol. The molecule has 10 nitrogen and oxygen atoms in total. The Morgan fingerprint density at radius 3 is 2.59 bits per heavy atom. The number of imidazole rings is 1. The lowest BCUT2D eigenvalue weighted by Crippen LogP contribution is -2.56. The largest absolute Gasteiger partial charge is 0.465 e. The van der Waals surface area contributed by atoms with Crippen LogP contribution in [0.2, 0.25) is 0 Å². The van der Waals surface area contributed by atoms with Gasteiger partial charge < -0.3 is 24.9 Å². The summed E-state index contributed by atoms with van der Waals surface area (Å²) in [5.41, 5.74) is -0.927. The maximum Gasteiger partial charge on any atom is 0.415 e. The van der Waals surface area contributed by atoms with E-state index in [1.165, 1.54) is 6.20 Å². The average Bonchev–Trinajstić information content (AvgIpc) is 3.02. The van der Waals surface area contributed by atoms with Crippen LogP contribution in [-0.2, 0) is 6.54 Å². The van der Waals surface area contributed by atoms with Gasteiger partial charge in [-0.05, 0) is 45.5 Å². The Hall–Kier alpha value is -2.36. The maximum atomic E-state index is 11.7. The van der Waals surface area contributed by atoms with Crippen LogP contribution in [0.25, 0.3) is 0 Å². The van der Waals surface area contributed by atoms with Crippen LogP contribution in [0.15, 0.2) is 6.20 Å². The van der Waals surface area contributed by atoms with E-state index >= 15 is 0 Å². The van der Waals surface area contributed by atoms with E-state index in [2.05, 4.69) is 9.88 Å². The standard InChI is InChI=1S/C17H27N5O5/c1-16(2,3)21(15(23)24)12-5-7-19(8-6-12)10-17(4)11-20-9-13(22(25)26)18-14(20)27-17/h9,12H,5-8,10-11H2,1-4H3,(H,23,24)/t17-/m0/s1. The molecular formula is C17H27N5O5. The van der Waals surface area contributed by atoms with Crippen molar-refractivity contribution in [2.75, 3.05) is 19.6 Å². The molecule has 0 saturated carbocycles. The third-order valence-corrected chi connectivity index (χ3v) is 5.17. The number of carboxylic acid groups (broad SMARTS) is 1. The van der Waals surface area contributed by atoms with Crippen molar-refractivity contribution in [2.45, 2.75) is 64.3 Å². The lowest BCUT2D eigenvalue weighted by molar-refractivity contribution is -0.389. The van der Waals surface area contributed by atoms with Crippen molar-refractivity contribution in [1.29, 1.82) is 0 Å². The number of aromatic nitrogens is 2. The van der Waals surface area contributed by atoms with Gasteiger partial charge >= 0.3 is 17.9 Å². The van der Waals surface area contributed by atoms with Crippen LogP contribution in [0, 0.1) is 10.1 Å². The van der Waals surface area contributed by atoms with Gasteiger partial charge in [0.2, 0.25) is 0 Å². The quantitative estimate of drug-likeness (QED) is 0.628. The van der Waals surface area contributed by atoms with Crippen molar-refractivity contribution in [3.8, 4) is 6.01 Å². The number of nitro groups is 1. The molecule has 3 heterocycles. The fraction of sp³-hybridized carbons (Fsp3) is 0.765. The van der Waals surface area contributed by atoms with E-state index in [9.17, 15) is 20.0 Å². The molecule has 1 aromatic rings. The van der Waals surface area contributed by atoms with Gasteiger partial charge in [0, 0.05) is 36.2 Å². The van der Waals surface area contributed by atoms with Gasteiger partial charge in [-0.2, -0.15) is 0 Å². The molecule has 0 unspecified atom stereocenters. The number of rotatable bonds is 4. The highest BCUT2D eigenvalue weighted by molar-refractivity contribution is 5.66. The Morgan fingerprint density at radius 1 is 1.48 bits per heavy atom. The molecule has 2 aliphatic rings. The Bertz CT molecular complexity index is 709. The SMILES string of the molecule is CC(C)(C)N(C(=O)O)C1CCN(C[C@@]2(C)Cn3cc([N+](=O)[O-])nc3O2)CC1. The van der Waals surface area contributed by atoms with Crippen molar-refractivity contribution in [3.05, 3.63) is 16.3 Å². The van der Waals surface area contributed by atoms with Crippen LogP contribution < -0.4 is 4.74 Å². The number of amides is 1. The molecule has 150 valence electrons. The summed E-state index contributed by atoms with van der Waals surface area (Å²) in [6.07, 6.45) is 2.07. The van der Waals surface area contributed by atoms with Gasteiger partial charge in [0.15, 0.2) is 0 Å². The molecule has 0 spiro atoms. The molecule has 1 atom stereocenters. The topological polar surface area (TPSA) is 114 Å². The van der Waals surface area contributed by atoms with Gasteiger partial charge in [-0.25, -0.2) is 4.79 Å². The molecule has 3 rings (SSSR count). The van der Waals surface area contributed by atoms with E-state index in [1.807, 2.05) is 27.7 Å². The Morgan fingerprint density at radius 2 is 2.11 bits per heavy atom. The number of hydrogen-bond donors (Lipinski definition) is 1. The first-order chi connectivity index (χ1) is 12.5. The highest BCUT2D eigenvalue weighted by Gasteiger charge is 2.43. The van der Waals surface area contributed by atoms with E-state index in [1.54, 1.807) is 9.47 Å². The van der Waals surface area contributed by atoms with Crippen molar-refractivity contribution >= 4 is 11.9 Å². The zero-order chi connectivity index (χ0) is 20.0. The highest BCUT2D eigenvalue weighted by Crippen LogP contribution is 2.32. The Balaban J connectivity index is 1.57. The molecule has 0 bridgehead atoms. The van der Waals surface area contributed by atoms with E-state index in [0.717, 1.165) is 25.9 Å². The van der Waals surface area contributed by atoms with Crippen molar-refractivity contribution in [1.82, 2.24) is 19.4 Å². The van der Waals surface area contributed by atoms with E-state index < -0.39 is 22.2 Å². The zero-order valence-corrected chi connectivity index (χ0v) is 16.2. The second-order valence-electron chi connectivity index (χ2n) is 8.65. The summed E-state index contributed by atoms with van der Waals surface area (Å²) >= 11 is 0. The number of likely N-dealkylation sites (tertiary alicyclic amines) is 1. The Kier molecular flexibility index (Phi) is 4.79. The van der Waals surface area contributed by atoms with Gasteiger partial charge in [0.05, 0.1) is 6.54 Å². The van der Waals surface area contributed by atoms with E-state index in [0.29, 0.717) is 13.1 Å². The highest BCUT2D eigenvalue weighted by atomic mass is 16.6. The monoisotopic (exact) mass is 381 g/mol.